The average Bonchev–Trinajstić information content (AvgIpc) is 3.40. The van der Waals surface area contributed by atoms with Gasteiger partial charge in [0.05, 0.1) is 6.61 Å². The van der Waals surface area contributed by atoms with E-state index >= 15 is 0 Å². The summed E-state index contributed by atoms with van der Waals surface area (Å²) in [5, 5.41) is 0. The largest absolute Gasteiger partial charge is 0.462 e. The number of carbonyl (C=O) groups excluding carboxylic acids is 1. The first-order chi connectivity index (χ1) is 16.2. The van der Waals surface area contributed by atoms with Crippen LogP contribution < -0.4 is 0 Å². The van der Waals surface area contributed by atoms with Gasteiger partial charge < -0.3 is 4.74 Å². The van der Waals surface area contributed by atoms with Gasteiger partial charge in [-0.25, -0.2) is 4.79 Å². The first-order valence-corrected chi connectivity index (χ1v) is 11.5. The molecule has 0 amide bonds. The van der Waals surface area contributed by atoms with E-state index in [2.05, 4.69) is 85.4 Å². The van der Waals surface area contributed by atoms with Crippen molar-refractivity contribution in [3.63, 3.8) is 0 Å². The SMILES string of the molecule is C=CC(=O)OCCc1ccc2c(c1)Cc1cc(-c3ccc4c(c3)Cc3ccccc3-4)ccc1-2. The molecular formula is C31H24O2. The molecule has 160 valence electrons. The quantitative estimate of drug-likeness (QED) is 0.224. The van der Waals surface area contributed by atoms with Gasteiger partial charge in [-0.05, 0) is 74.0 Å². The molecule has 33 heavy (non-hydrogen) atoms. The highest BCUT2D eigenvalue weighted by atomic mass is 16.5. The maximum atomic E-state index is 11.3. The molecule has 4 aromatic carbocycles. The standard InChI is InChI=1S/C31H24O2/c1-2-31(32)33-14-13-20-7-10-28-24(15-20)19-26-17-22(9-12-30(26)28)21-8-11-29-25(16-21)18-23-5-3-4-6-27(23)29/h2-12,15-17H,1,13-14,18-19H2. The van der Waals surface area contributed by atoms with Gasteiger partial charge in [0.2, 0.25) is 0 Å². The number of hydrogen-bond acceptors (Lipinski definition) is 2. The highest BCUT2D eigenvalue weighted by Crippen LogP contribution is 2.41. The fraction of sp³-hybridized carbons (Fsp3) is 0.129. The molecular weight excluding hydrogens is 404 g/mol. The van der Waals surface area contributed by atoms with Crippen molar-refractivity contribution < 1.29 is 9.53 Å². The van der Waals surface area contributed by atoms with Crippen LogP contribution in [0.25, 0.3) is 33.4 Å². The van der Waals surface area contributed by atoms with Gasteiger partial charge in [0, 0.05) is 12.5 Å². The van der Waals surface area contributed by atoms with Crippen molar-refractivity contribution in [1.82, 2.24) is 0 Å². The zero-order valence-electron chi connectivity index (χ0n) is 18.4. The lowest BCUT2D eigenvalue weighted by Gasteiger charge is -2.08. The van der Waals surface area contributed by atoms with E-state index in [0.29, 0.717) is 13.0 Å². The molecule has 0 fully saturated rings. The van der Waals surface area contributed by atoms with Gasteiger partial charge in [-0.1, -0.05) is 85.4 Å². The van der Waals surface area contributed by atoms with E-state index in [-0.39, 0.29) is 5.97 Å². The zero-order chi connectivity index (χ0) is 22.4. The van der Waals surface area contributed by atoms with Crippen molar-refractivity contribution in [2.45, 2.75) is 19.3 Å². The molecule has 0 spiro atoms. The lowest BCUT2D eigenvalue weighted by molar-refractivity contribution is -0.137. The Kier molecular flexibility index (Phi) is 4.73. The highest BCUT2D eigenvalue weighted by molar-refractivity contribution is 5.83. The van der Waals surface area contributed by atoms with Gasteiger partial charge in [0.25, 0.3) is 0 Å². The van der Waals surface area contributed by atoms with E-state index in [1.54, 1.807) is 0 Å². The van der Waals surface area contributed by atoms with Crippen molar-refractivity contribution in [1.29, 1.82) is 0 Å². The van der Waals surface area contributed by atoms with E-state index in [4.69, 9.17) is 4.74 Å². The fourth-order valence-electron chi connectivity index (χ4n) is 5.25. The first kappa shape index (κ1) is 19.8. The van der Waals surface area contributed by atoms with Gasteiger partial charge in [-0.15, -0.1) is 0 Å². The molecule has 0 aromatic heterocycles. The summed E-state index contributed by atoms with van der Waals surface area (Å²) in [6.07, 6.45) is 3.87. The Bertz CT molecular complexity index is 1430. The third-order valence-corrected chi connectivity index (χ3v) is 6.87. The number of fused-ring (bicyclic) bond motifs is 6. The molecule has 2 nitrogen and oxygen atoms in total. The van der Waals surface area contributed by atoms with Crippen LogP contribution in [0.2, 0.25) is 0 Å². The molecule has 4 aromatic rings. The maximum absolute atomic E-state index is 11.3. The van der Waals surface area contributed by atoms with Crippen LogP contribution in [-0.4, -0.2) is 12.6 Å². The van der Waals surface area contributed by atoms with Gasteiger partial charge in [-0.2, -0.15) is 0 Å². The number of hydrogen-bond donors (Lipinski definition) is 0. The molecule has 0 heterocycles. The van der Waals surface area contributed by atoms with Crippen LogP contribution in [0, 0.1) is 0 Å². The smallest absolute Gasteiger partial charge is 0.330 e. The Morgan fingerprint density at radius 2 is 1.30 bits per heavy atom. The van der Waals surface area contributed by atoms with Crippen molar-refractivity contribution >= 4 is 5.97 Å². The molecule has 0 bridgehead atoms. The number of rotatable bonds is 5. The Morgan fingerprint density at radius 1 is 0.727 bits per heavy atom. The van der Waals surface area contributed by atoms with Crippen molar-refractivity contribution in [3.8, 4) is 33.4 Å². The molecule has 0 N–H and O–H groups in total. The Balaban J connectivity index is 1.24. The molecule has 2 aliphatic rings. The number of carbonyl (C=O) groups is 1. The summed E-state index contributed by atoms with van der Waals surface area (Å²) < 4.78 is 5.14. The van der Waals surface area contributed by atoms with Crippen molar-refractivity contribution in [2.75, 3.05) is 6.61 Å². The Labute approximate surface area is 194 Å². The average molecular weight is 429 g/mol. The summed E-state index contributed by atoms with van der Waals surface area (Å²) in [6.45, 7) is 3.82. The minimum absolute atomic E-state index is 0.369. The second-order valence-electron chi connectivity index (χ2n) is 8.87. The maximum Gasteiger partial charge on any atom is 0.330 e. The predicted octanol–water partition coefficient (Wildman–Crippen LogP) is 6.77. The van der Waals surface area contributed by atoms with Crippen LogP contribution in [0.1, 0.15) is 27.8 Å². The summed E-state index contributed by atoms with van der Waals surface area (Å²) in [5.41, 5.74) is 14.7. The third-order valence-electron chi connectivity index (χ3n) is 6.87. The van der Waals surface area contributed by atoms with Crippen LogP contribution in [0.4, 0.5) is 0 Å². The lowest BCUT2D eigenvalue weighted by Crippen LogP contribution is -2.04. The van der Waals surface area contributed by atoms with Crippen LogP contribution in [0.5, 0.6) is 0 Å². The summed E-state index contributed by atoms with van der Waals surface area (Å²) in [5.74, 6) is -0.369. The number of esters is 1. The Morgan fingerprint density at radius 3 is 2.00 bits per heavy atom. The fourth-order valence-corrected chi connectivity index (χ4v) is 5.25. The lowest BCUT2D eigenvalue weighted by atomic mass is 9.96. The zero-order valence-corrected chi connectivity index (χ0v) is 18.4. The summed E-state index contributed by atoms with van der Waals surface area (Å²) in [6, 6.07) is 29.1. The predicted molar refractivity (Wildman–Crippen MR) is 133 cm³/mol. The van der Waals surface area contributed by atoms with Gasteiger partial charge in [0.1, 0.15) is 0 Å². The molecule has 0 saturated carbocycles. The minimum atomic E-state index is -0.369. The summed E-state index contributed by atoms with van der Waals surface area (Å²) in [7, 11) is 0. The normalized spacial score (nSPS) is 12.5. The topological polar surface area (TPSA) is 26.3 Å². The van der Waals surface area contributed by atoms with Crippen molar-refractivity contribution in [2.24, 2.45) is 0 Å². The van der Waals surface area contributed by atoms with E-state index in [1.165, 1.54) is 67.3 Å². The molecule has 6 rings (SSSR count). The van der Waals surface area contributed by atoms with Gasteiger partial charge >= 0.3 is 5.97 Å². The highest BCUT2D eigenvalue weighted by Gasteiger charge is 2.21. The number of ether oxygens (including phenoxy) is 1. The molecule has 0 aliphatic heterocycles. The van der Waals surface area contributed by atoms with Crippen LogP contribution in [0.15, 0.2) is 91.5 Å². The molecule has 0 radical (unpaired) electrons. The third kappa shape index (κ3) is 3.48. The van der Waals surface area contributed by atoms with E-state index in [9.17, 15) is 4.79 Å². The molecule has 0 saturated heterocycles. The second-order valence-corrected chi connectivity index (χ2v) is 8.87. The minimum Gasteiger partial charge on any atom is -0.462 e. The van der Waals surface area contributed by atoms with E-state index in [0.717, 1.165) is 12.8 Å². The van der Waals surface area contributed by atoms with E-state index in [1.807, 2.05) is 0 Å². The molecule has 2 heteroatoms. The summed E-state index contributed by atoms with van der Waals surface area (Å²) in [4.78, 5) is 11.3. The Hall–Kier alpha value is -3.91. The van der Waals surface area contributed by atoms with Crippen LogP contribution >= 0.6 is 0 Å². The van der Waals surface area contributed by atoms with Crippen LogP contribution in [-0.2, 0) is 28.8 Å². The van der Waals surface area contributed by atoms with E-state index < -0.39 is 0 Å². The molecule has 0 unspecified atom stereocenters. The molecule has 0 atom stereocenters. The first-order valence-electron chi connectivity index (χ1n) is 11.5. The van der Waals surface area contributed by atoms with Crippen molar-refractivity contribution in [3.05, 3.63) is 119 Å². The molecule has 2 aliphatic carbocycles. The van der Waals surface area contributed by atoms with Crippen LogP contribution in [0.3, 0.4) is 0 Å². The monoisotopic (exact) mass is 428 g/mol. The van der Waals surface area contributed by atoms with Gasteiger partial charge in [-0.3, -0.25) is 0 Å². The second kappa shape index (κ2) is 7.90. The van der Waals surface area contributed by atoms with Gasteiger partial charge in [0.15, 0.2) is 0 Å². The summed E-state index contributed by atoms with van der Waals surface area (Å²) >= 11 is 0. The number of benzene rings is 4.